The second kappa shape index (κ2) is 8.65. The molecule has 1 unspecified atom stereocenters. The first-order valence-electron chi connectivity index (χ1n) is 6.42. The van der Waals surface area contributed by atoms with Crippen molar-refractivity contribution in [2.75, 3.05) is 34.0 Å². The second-order valence-electron chi connectivity index (χ2n) is 4.54. The molecule has 0 fully saturated rings. The molecule has 0 aliphatic rings. The molecule has 19 heavy (non-hydrogen) atoms. The third-order valence-corrected chi connectivity index (χ3v) is 3.13. The Labute approximate surface area is 115 Å². The number of benzene rings is 1. The highest BCUT2D eigenvalue weighted by atomic mass is 16.5. The van der Waals surface area contributed by atoms with Gasteiger partial charge in [0.1, 0.15) is 0 Å². The smallest absolute Gasteiger partial charge is 0.0995 e. The largest absolute Gasteiger partial charge is 0.383 e. The minimum absolute atomic E-state index is 0.284. The lowest BCUT2D eigenvalue weighted by molar-refractivity contribution is 0.0704. The summed E-state index contributed by atoms with van der Waals surface area (Å²) in [5.74, 6) is 0. The molecule has 1 atom stereocenters. The number of methoxy groups -OCH3 is 2. The highest BCUT2D eigenvalue weighted by Gasteiger charge is 2.15. The number of nitriles is 1. The van der Waals surface area contributed by atoms with E-state index in [2.05, 4.69) is 17.9 Å². The fourth-order valence-electron chi connectivity index (χ4n) is 2.00. The van der Waals surface area contributed by atoms with Gasteiger partial charge in [-0.05, 0) is 18.6 Å². The molecular formula is C15H22N2O2. The second-order valence-corrected chi connectivity index (χ2v) is 4.54. The predicted molar refractivity (Wildman–Crippen MR) is 74.8 cm³/mol. The molecule has 1 aromatic carbocycles. The summed E-state index contributed by atoms with van der Waals surface area (Å²) in [7, 11) is 3.40. The summed E-state index contributed by atoms with van der Waals surface area (Å²) in [5, 5.41) is 9.13. The van der Waals surface area contributed by atoms with E-state index in [-0.39, 0.29) is 6.04 Å². The van der Waals surface area contributed by atoms with Crippen LogP contribution in [-0.4, -0.2) is 44.9 Å². The van der Waals surface area contributed by atoms with Gasteiger partial charge in [0.2, 0.25) is 0 Å². The molecular weight excluding hydrogens is 240 g/mol. The van der Waals surface area contributed by atoms with Gasteiger partial charge < -0.3 is 9.47 Å². The summed E-state index contributed by atoms with van der Waals surface area (Å²) < 4.78 is 10.4. The molecule has 0 radical (unpaired) electrons. The molecule has 0 saturated carbocycles. The minimum atomic E-state index is 0.284. The van der Waals surface area contributed by atoms with Crippen LogP contribution in [0.1, 0.15) is 18.1 Å². The van der Waals surface area contributed by atoms with E-state index in [1.165, 1.54) is 0 Å². The highest BCUT2D eigenvalue weighted by Crippen LogP contribution is 2.13. The predicted octanol–water partition coefficient (Wildman–Crippen LogP) is 2.04. The third-order valence-electron chi connectivity index (χ3n) is 3.13. The zero-order valence-electron chi connectivity index (χ0n) is 11.9. The average molecular weight is 262 g/mol. The normalized spacial score (nSPS) is 12.4. The minimum Gasteiger partial charge on any atom is -0.383 e. The lowest BCUT2D eigenvalue weighted by Gasteiger charge is -2.28. The molecule has 1 aromatic rings. The van der Waals surface area contributed by atoms with Crippen LogP contribution in [0.15, 0.2) is 24.3 Å². The fraction of sp³-hybridized carbons (Fsp3) is 0.533. The molecule has 0 saturated heterocycles. The fourth-order valence-corrected chi connectivity index (χ4v) is 2.00. The van der Waals surface area contributed by atoms with Gasteiger partial charge in [-0.1, -0.05) is 18.2 Å². The van der Waals surface area contributed by atoms with Crippen molar-refractivity contribution in [1.82, 2.24) is 4.90 Å². The van der Waals surface area contributed by atoms with Crippen LogP contribution in [0.5, 0.6) is 0 Å². The van der Waals surface area contributed by atoms with E-state index in [9.17, 15) is 0 Å². The molecule has 0 aliphatic carbocycles. The van der Waals surface area contributed by atoms with Gasteiger partial charge in [-0.25, -0.2) is 0 Å². The van der Waals surface area contributed by atoms with Crippen LogP contribution in [0.25, 0.3) is 0 Å². The molecule has 0 heterocycles. The molecule has 0 N–H and O–H groups in total. The van der Waals surface area contributed by atoms with Crippen LogP contribution < -0.4 is 0 Å². The van der Waals surface area contributed by atoms with Crippen LogP contribution in [0, 0.1) is 11.3 Å². The summed E-state index contributed by atoms with van der Waals surface area (Å²) in [6, 6.07) is 10.2. The Bertz CT molecular complexity index is 415. The van der Waals surface area contributed by atoms with E-state index in [0.717, 1.165) is 24.2 Å². The van der Waals surface area contributed by atoms with Crippen molar-refractivity contribution < 1.29 is 9.47 Å². The maximum absolute atomic E-state index is 9.13. The Morgan fingerprint density at radius 1 is 1.26 bits per heavy atom. The monoisotopic (exact) mass is 262 g/mol. The van der Waals surface area contributed by atoms with Crippen LogP contribution in [0.3, 0.4) is 0 Å². The molecule has 0 amide bonds. The summed E-state index contributed by atoms with van der Waals surface area (Å²) in [6.07, 6.45) is 0. The van der Waals surface area contributed by atoms with Crippen molar-refractivity contribution in [3.63, 3.8) is 0 Å². The molecule has 0 bridgehead atoms. The maximum atomic E-state index is 9.13. The lowest BCUT2D eigenvalue weighted by Crippen LogP contribution is -2.38. The van der Waals surface area contributed by atoms with Crippen molar-refractivity contribution in [1.29, 1.82) is 5.26 Å². The van der Waals surface area contributed by atoms with Gasteiger partial charge in [0.05, 0.1) is 24.8 Å². The van der Waals surface area contributed by atoms with Crippen LogP contribution in [0.4, 0.5) is 0 Å². The molecule has 0 aromatic heterocycles. The Balaban J connectivity index is 2.78. The number of nitrogens with zero attached hydrogens (tertiary/aromatic N) is 2. The van der Waals surface area contributed by atoms with Crippen molar-refractivity contribution >= 4 is 0 Å². The Morgan fingerprint density at radius 3 is 2.63 bits per heavy atom. The van der Waals surface area contributed by atoms with Crippen molar-refractivity contribution in [2.24, 2.45) is 0 Å². The Hall–Kier alpha value is -1.41. The first-order chi connectivity index (χ1) is 9.22. The first kappa shape index (κ1) is 15.6. The standard InChI is InChI=1S/C15H22N2O2/c1-13(12-19-3)17(8-9-18-2)11-15-7-5-4-6-14(15)10-16/h4-7,13H,8-9,11-12H2,1-3H3. The van der Waals surface area contributed by atoms with Gasteiger partial charge in [0.15, 0.2) is 0 Å². The van der Waals surface area contributed by atoms with Gasteiger partial charge in [-0.3, -0.25) is 4.90 Å². The highest BCUT2D eigenvalue weighted by molar-refractivity contribution is 5.37. The average Bonchev–Trinajstić information content (AvgIpc) is 2.44. The number of rotatable bonds is 8. The summed E-state index contributed by atoms with van der Waals surface area (Å²) in [5.41, 5.74) is 1.78. The zero-order valence-corrected chi connectivity index (χ0v) is 11.9. The van der Waals surface area contributed by atoms with E-state index in [0.29, 0.717) is 13.2 Å². The van der Waals surface area contributed by atoms with Crippen LogP contribution in [0.2, 0.25) is 0 Å². The van der Waals surface area contributed by atoms with Gasteiger partial charge in [-0.15, -0.1) is 0 Å². The topological polar surface area (TPSA) is 45.5 Å². The number of ether oxygens (including phenoxy) is 2. The Morgan fingerprint density at radius 2 is 2.00 bits per heavy atom. The molecule has 1 rings (SSSR count). The van der Waals surface area contributed by atoms with Gasteiger partial charge in [0.25, 0.3) is 0 Å². The van der Waals surface area contributed by atoms with E-state index in [1.54, 1.807) is 14.2 Å². The first-order valence-corrected chi connectivity index (χ1v) is 6.42. The van der Waals surface area contributed by atoms with Gasteiger partial charge in [-0.2, -0.15) is 5.26 Å². The van der Waals surface area contributed by atoms with E-state index in [1.807, 2.05) is 24.3 Å². The van der Waals surface area contributed by atoms with Crippen molar-refractivity contribution in [2.45, 2.75) is 19.5 Å². The van der Waals surface area contributed by atoms with E-state index in [4.69, 9.17) is 14.7 Å². The van der Waals surface area contributed by atoms with E-state index >= 15 is 0 Å². The van der Waals surface area contributed by atoms with Gasteiger partial charge in [0, 0.05) is 33.4 Å². The van der Waals surface area contributed by atoms with Crippen molar-refractivity contribution in [3.05, 3.63) is 35.4 Å². The molecule has 4 nitrogen and oxygen atoms in total. The molecule has 4 heteroatoms. The van der Waals surface area contributed by atoms with Crippen LogP contribution in [-0.2, 0) is 16.0 Å². The maximum Gasteiger partial charge on any atom is 0.0995 e. The molecule has 0 spiro atoms. The zero-order chi connectivity index (χ0) is 14.1. The lowest BCUT2D eigenvalue weighted by atomic mass is 10.1. The summed E-state index contributed by atoms with van der Waals surface area (Å²) in [4.78, 5) is 2.27. The summed E-state index contributed by atoms with van der Waals surface area (Å²) in [6.45, 7) is 5.01. The van der Waals surface area contributed by atoms with Crippen LogP contribution >= 0.6 is 0 Å². The van der Waals surface area contributed by atoms with E-state index < -0.39 is 0 Å². The molecule has 0 aliphatic heterocycles. The summed E-state index contributed by atoms with van der Waals surface area (Å²) >= 11 is 0. The number of hydrogen-bond acceptors (Lipinski definition) is 4. The SMILES string of the molecule is COCCN(Cc1ccccc1C#N)C(C)COC. The quantitative estimate of drug-likeness (QED) is 0.719. The Kier molecular flexibility index (Phi) is 7.12. The molecule has 104 valence electrons. The number of hydrogen-bond donors (Lipinski definition) is 0. The third kappa shape index (κ3) is 4.99. The van der Waals surface area contributed by atoms with Crippen molar-refractivity contribution in [3.8, 4) is 6.07 Å². The van der Waals surface area contributed by atoms with Gasteiger partial charge >= 0.3 is 0 Å².